The van der Waals surface area contributed by atoms with Crippen molar-refractivity contribution in [3.05, 3.63) is 102 Å². The molecule has 5 nitrogen and oxygen atoms in total. The van der Waals surface area contributed by atoms with E-state index in [2.05, 4.69) is 10.7 Å². The van der Waals surface area contributed by atoms with Crippen LogP contribution in [0, 0.1) is 0 Å². The summed E-state index contributed by atoms with van der Waals surface area (Å²) >= 11 is 0. The van der Waals surface area contributed by atoms with Crippen molar-refractivity contribution >= 4 is 17.5 Å². The van der Waals surface area contributed by atoms with Crippen molar-refractivity contribution in [3.8, 4) is 0 Å². The second kappa shape index (κ2) is 8.09. The predicted molar refractivity (Wildman–Crippen MR) is 101 cm³/mol. The third-order valence-electron chi connectivity index (χ3n) is 4.09. The number of nitrogens with one attached hydrogen (secondary N) is 2. The average molecular weight is 345 g/mol. The second-order valence-electron chi connectivity index (χ2n) is 5.76. The number of anilines is 1. The summed E-state index contributed by atoms with van der Waals surface area (Å²) in [4.78, 5) is 25.0. The standard InChI is InChI=1S/C21H19N3O2/c22-24-20(25)17-13-7-8-14-18(17)23-21(26)19(15-9-3-1-4-10-15)16-11-5-2-6-12-16/h1-14,19H,22H2,(H,23,26)(H,24,25). The zero-order valence-electron chi connectivity index (χ0n) is 14.1. The fourth-order valence-electron chi connectivity index (χ4n) is 2.86. The van der Waals surface area contributed by atoms with Gasteiger partial charge in [-0.05, 0) is 23.3 Å². The van der Waals surface area contributed by atoms with Gasteiger partial charge >= 0.3 is 0 Å². The number of carbonyl (C=O) groups excluding carboxylic acids is 2. The van der Waals surface area contributed by atoms with Crippen LogP contribution in [-0.2, 0) is 4.79 Å². The third-order valence-corrected chi connectivity index (χ3v) is 4.09. The van der Waals surface area contributed by atoms with E-state index >= 15 is 0 Å². The van der Waals surface area contributed by atoms with E-state index in [-0.39, 0.29) is 5.91 Å². The molecule has 0 unspecified atom stereocenters. The first-order chi connectivity index (χ1) is 12.7. The summed E-state index contributed by atoms with van der Waals surface area (Å²) in [6, 6.07) is 25.8. The molecule has 0 atom stereocenters. The molecule has 3 aromatic carbocycles. The van der Waals surface area contributed by atoms with E-state index in [1.165, 1.54) is 0 Å². The summed E-state index contributed by atoms with van der Waals surface area (Å²) in [5, 5.41) is 2.87. The molecule has 0 aliphatic carbocycles. The lowest BCUT2D eigenvalue weighted by Gasteiger charge is -2.19. The molecule has 130 valence electrons. The number of amides is 2. The van der Waals surface area contributed by atoms with E-state index < -0.39 is 11.8 Å². The molecule has 0 bridgehead atoms. The summed E-state index contributed by atoms with van der Waals surface area (Å²) in [6.45, 7) is 0. The van der Waals surface area contributed by atoms with Gasteiger partial charge in [-0.1, -0.05) is 72.8 Å². The van der Waals surface area contributed by atoms with Crippen LogP contribution < -0.4 is 16.6 Å². The molecule has 0 spiro atoms. The van der Waals surface area contributed by atoms with Crippen LogP contribution in [0.4, 0.5) is 5.69 Å². The Balaban J connectivity index is 1.96. The van der Waals surface area contributed by atoms with E-state index in [1.807, 2.05) is 60.7 Å². The first-order valence-electron chi connectivity index (χ1n) is 8.21. The van der Waals surface area contributed by atoms with Gasteiger partial charge in [0.15, 0.2) is 0 Å². The van der Waals surface area contributed by atoms with Gasteiger partial charge in [0.2, 0.25) is 5.91 Å². The van der Waals surface area contributed by atoms with Crippen LogP contribution in [0.5, 0.6) is 0 Å². The lowest BCUT2D eigenvalue weighted by Crippen LogP contribution is -2.31. The van der Waals surface area contributed by atoms with E-state index in [1.54, 1.807) is 24.3 Å². The van der Waals surface area contributed by atoms with Crippen molar-refractivity contribution in [1.82, 2.24) is 5.43 Å². The molecular weight excluding hydrogens is 326 g/mol. The normalized spacial score (nSPS) is 10.4. The molecular formula is C21H19N3O2. The molecule has 2 amide bonds. The van der Waals surface area contributed by atoms with Crippen LogP contribution in [0.2, 0.25) is 0 Å². The SMILES string of the molecule is NNC(=O)c1ccccc1NC(=O)C(c1ccccc1)c1ccccc1. The molecule has 0 aromatic heterocycles. The lowest BCUT2D eigenvalue weighted by molar-refractivity contribution is -0.116. The maximum absolute atomic E-state index is 13.1. The highest BCUT2D eigenvalue weighted by Crippen LogP contribution is 2.27. The van der Waals surface area contributed by atoms with Crippen LogP contribution >= 0.6 is 0 Å². The average Bonchev–Trinajstić information content (AvgIpc) is 2.69. The minimum atomic E-state index is -0.494. The smallest absolute Gasteiger partial charge is 0.267 e. The van der Waals surface area contributed by atoms with Gasteiger partial charge in [-0.25, -0.2) is 5.84 Å². The molecule has 0 heterocycles. The van der Waals surface area contributed by atoms with Crippen LogP contribution in [0.3, 0.4) is 0 Å². The number of hydrogen-bond donors (Lipinski definition) is 3. The lowest BCUT2D eigenvalue weighted by atomic mass is 9.90. The topological polar surface area (TPSA) is 84.2 Å². The first-order valence-corrected chi connectivity index (χ1v) is 8.21. The van der Waals surface area contributed by atoms with E-state index in [9.17, 15) is 9.59 Å². The summed E-state index contributed by atoms with van der Waals surface area (Å²) < 4.78 is 0. The number of hydrogen-bond acceptors (Lipinski definition) is 3. The van der Waals surface area contributed by atoms with E-state index in [4.69, 9.17) is 5.84 Å². The van der Waals surface area contributed by atoms with Crippen molar-refractivity contribution in [1.29, 1.82) is 0 Å². The summed E-state index contributed by atoms with van der Waals surface area (Å²) in [5.74, 6) is 4.06. The molecule has 4 N–H and O–H groups in total. The van der Waals surface area contributed by atoms with Gasteiger partial charge < -0.3 is 5.32 Å². The van der Waals surface area contributed by atoms with Crippen molar-refractivity contribution in [2.24, 2.45) is 5.84 Å². The minimum Gasteiger partial charge on any atom is -0.325 e. The molecule has 0 aliphatic rings. The molecule has 26 heavy (non-hydrogen) atoms. The summed E-state index contributed by atoms with van der Waals surface area (Å²) in [5.41, 5.74) is 4.56. The van der Waals surface area contributed by atoms with Gasteiger partial charge in [-0.3, -0.25) is 15.0 Å². The van der Waals surface area contributed by atoms with E-state index in [0.29, 0.717) is 11.3 Å². The molecule has 3 rings (SSSR count). The largest absolute Gasteiger partial charge is 0.325 e. The maximum atomic E-state index is 13.1. The van der Waals surface area contributed by atoms with Crippen molar-refractivity contribution in [3.63, 3.8) is 0 Å². The molecule has 0 fully saturated rings. The Morgan fingerprint density at radius 3 is 1.77 bits per heavy atom. The minimum absolute atomic E-state index is 0.223. The quantitative estimate of drug-likeness (QED) is 0.377. The van der Waals surface area contributed by atoms with Crippen LogP contribution in [0.15, 0.2) is 84.9 Å². The second-order valence-corrected chi connectivity index (χ2v) is 5.76. The number of benzene rings is 3. The van der Waals surface area contributed by atoms with Crippen molar-refractivity contribution < 1.29 is 9.59 Å². The van der Waals surface area contributed by atoms with Crippen molar-refractivity contribution in [2.45, 2.75) is 5.92 Å². The molecule has 0 saturated heterocycles. The Hall–Kier alpha value is -3.44. The monoisotopic (exact) mass is 345 g/mol. The van der Waals surface area contributed by atoms with Gasteiger partial charge in [-0.15, -0.1) is 0 Å². The first kappa shape index (κ1) is 17.4. The fraction of sp³-hybridized carbons (Fsp3) is 0.0476. The van der Waals surface area contributed by atoms with Crippen molar-refractivity contribution in [2.75, 3.05) is 5.32 Å². The number of nitrogen functional groups attached to an aromatic ring is 1. The van der Waals surface area contributed by atoms with Crippen LogP contribution in [0.25, 0.3) is 0 Å². The number of nitrogens with two attached hydrogens (primary N) is 1. The molecule has 3 aromatic rings. The third kappa shape index (κ3) is 3.79. The number of hydrazine groups is 1. The van der Waals surface area contributed by atoms with Gasteiger partial charge in [0.1, 0.15) is 0 Å². The van der Waals surface area contributed by atoms with Crippen LogP contribution in [0.1, 0.15) is 27.4 Å². The highest BCUT2D eigenvalue weighted by Gasteiger charge is 2.23. The molecule has 0 aliphatic heterocycles. The molecule has 0 saturated carbocycles. The zero-order chi connectivity index (χ0) is 18.4. The molecule has 5 heteroatoms. The molecule has 0 radical (unpaired) electrons. The Kier molecular flexibility index (Phi) is 5.41. The summed E-state index contributed by atoms with van der Waals surface area (Å²) in [6.07, 6.45) is 0. The fourth-order valence-corrected chi connectivity index (χ4v) is 2.86. The highest BCUT2D eigenvalue weighted by atomic mass is 16.2. The van der Waals surface area contributed by atoms with E-state index in [0.717, 1.165) is 11.1 Å². The number of para-hydroxylation sites is 1. The Labute approximate surface area is 151 Å². The maximum Gasteiger partial charge on any atom is 0.267 e. The van der Waals surface area contributed by atoms with Gasteiger partial charge in [0, 0.05) is 0 Å². The zero-order valence-corrected chi connectivity index (χ0v) is 14.1. The van der Waals surface area contributed by atoms with Gasteiger partial charge in [-0.2, -0.15) is 0 Å². The Morgan fingerprint density at radius 2 is 1.23 bits per heavy atom. The van der Waals surface area contributed by atoms with Gasteiger partial charge in [0.05, 0.1) is 17.2 Å². The number of rotatable bonds is 5. The predicted octanol–water partition coefficient (Wildman–Crippen LogP) is 3.06. The van der Waals surface area contributed by atoms with Crippen LogP contribution in [-0.4, -0.2) is 11.8 Å². The summed E-state index contributed by atoms with van der Waals surface area (Å²) in [7, 11) is 0. The Bertz CT molecular complexity index is 856. The Morgan fingerprint density at radius 1 is 0.731 bits per heavy atom. The highest BCUT2D eigenvalue weighted by molar-refractivity contribution is 6.05. The number of carbonyl (C=O) groups is 2. The van der Waals surface area contributed by atoms with Gasteiger partial charge in [0.25, 0.3) is 5.91 Å².